The van der Waals surface area contributed by atoms with Crippen LogP contribution < -0.4 is 0 Å². The summed E-state index contributed by atoms with van der Waals surface area (Å²) in [7, 11) is 0. The lowest BCUT2D eigenvalue weighted by atomic mass is 9.94. The minimum atomic E-state index is 0.748. The molecule has 0 amide bonds. The summed E-state index contributed by atoms with van der Waals surface area (Å²) in [5.74, 6) is 1.96. The first-order chi connectivity index (χ1) is 6.58. The van der Waals surface area contributed by atoms with Gasteiger partial charge in [0.15, 0.2) is 0 Å². The number of hydrogen-bond donors (Lipinski definition) is 0. The van der Waals surface area contributed by atoms with E-state index in [4.69, 9.17) is 0 Å². The summed E-state index contributed by atoms with van der Waals surface area (Å²) in [6.45, 7) is 9.51. The highest BCUT2D eigenvalue weighted by Gasteiger charge is 2.48. The monoisotopic (exact) mass is 196 g/mol. The van der Waals surface area contributed by atoms with Gasteiger partial charge in [-0.05, 0) is 36.5 Å². The first-order valence-electron chi connectivity index (χ1n) is 6.58. The zero-order chi connectivity index (χ0) is 10.6. The van der Waals surface area contributed by atoms with Gasteiger partial charge in [-0.2, -0.15) is 0 Å². The molecule has 1 saturated carbocycles. The van der Waals surface area contributed by atoms with Crippen molar-refractivity contribution in [1.82, 2.24) is 0 Å². The summed E-state index contributed by atoms with van der Waals surface area (Å²) in [5, 5.41) is 0. The van der Waals surface area contributed by atoms with Crippen LogP contribution in [0.5, 0.6) is 0 Å². The smallest absolute Gasteiger partial charge is 0.0294 e. The highest BCUT2D eigenvalue weighted by molar-refractivity contribution is 4.98. The number of hydrogen-bond acceptors (Lipinski definition) is 0. The Bertz CT molecular complexity index is 159. The van der Waals surface area contributed by atoms with E-state index in [0.29, 0.717) is 0 Å². The molecule has 0 spiro atoms. The molecule has 14 heavy (non-hydrogen) atoms. The van der Waals surface area contributed by atoms with Crippen LogP contribution in [-0.4, -0.2) is 0 Å². The van der Waals surface area contributed by atoms with Crippen molar-refractivity contribution in [2.45, 2.75) is 72.6 Å². The van der Waals surface area contributed by atoms with Gasteiger partial charge >= 0.3 is 0 Å². The van der Waals surface area contributed by atoms with Crippen molar-refractivity contribution in [2.24, 2.45) is 17.3 Å². The SMILES string of the molecule is CCCCCCC1(C)CC1CC(C)C. The predicted molar refractivity (Wildman–Crippen MR) is 64.4 cm³/mol. The maximum Gasteiger partial charge on any atom is -0.0294 e. The third-order valence-corrected chi connectivity index (χ3v) is 3.90. The van der Waals surface area contributed by atoms with Gasteiger partial charge in [-0.15, -0.1) is 0 Å². The van der Waals surface area contributed by atoms with Crippen LogP contribution in [0.15, 0.2) is 0 Å². The van der Waals surface area contributed by atoms with Crippen LogP contribution in [0.2, 0.25) is 0 Å². The molecular formula is C14H28. The molecule has 84 valence electrons. The lowest BCUT2D eigenvalue weighted by molar-refractivity contribution is 0.394. The molecule has 0 saturated heterocycles. The van der Waals surface area contributed by atoms with Gasteiger partial charge in [0.25, 0.3) is 0 Å². The summed E-state index contributed by atoms with van der Waals surface area (Å²) in [4.78, 5) is 0. The predicted octanol–water partition coefficient (Wildman–Crippen LogP) is 5.03. The Morgan fingerprint density at radius 1 is 1.21 bits per heavy atom. The zero-order valence-corrected chi connectivity index (χ0v) is 10.6. The average Bonchev–Trinajstić information content (AvgIpc) is 2.70. The third-order valence-electron chi connectivity index (χ3n) is 3.90. The van der Waals surface area contributed by atoms with Crippen LogP contribution in [0.4, 0.5) is 0 Å². The molecule has 0 radical (unpaired) electrons. The Morgan fingerprint density at radius 2 is 1.93 bits per heavy atom. The largest absolute Gasteiger partial charge is 0.0654 e. The molecule has 0 bridgehead atoms. The van der Waals surface area contributed by atoms with E-state index in [2.05, 4.69) is 27.7 Å². The van der Waals surface area contributed by atoms with Gasteiger partial charge in [-0.25, -0.2) is 0 Å². The van der Waals surface area contributed by atoms with Gasteiger partial charge in [0.2, 0.25) is 0 Å². The quantitative estimate of drug-likeness (QED) is 0.501. The highest BCUT2D eigenvalue weighted by Crippen LogP contribution is 2.58. The maximum absolute atomic E-state index is 2.51. The Hall–Kier alpha value is 0. The molecule has 1 aliphatic rings. The van der Waals surface area contributed by atoms with E-state index in [1.807, 2.05) is 0 Å². The molecule has 0 aliphatic heterocycles. The van der Waals surface area contributed by atoms with Crippen molar-refractivity contribution in [1.29, 1.82) is 0 Å². The van der Waals surface area contributed by atoms with Crippen molar-refractivity contribution in [3.63, 3.8) is 0 Å². The first kappa shape index (κ1) is 12.1. The Morgan fingerprint density at radius 3 is 2.50 bits per heavy atom. The van der Waals surface area contributed by atoms with E-state index in [1.165, 1.54) is 44.9 Å². The van der Waals surface area contributed by atoms with Crippen molar-refractivity contribution < 1.29 is 0 Å². The minimum absolute atomic E-state index is 0.748. The summed E-state index contributed by atoms with van der Waals surface area (Å²) in [5.41, 5.74) is 0.748. The van der Waals surface area contributed by atoms with Crippen LogP contribution in [0, 0.1) is 17.3 Å². The average molecular weight is 196 g/mol. The van der Waals surface area contributed by atoms with Crippen molar-refractivity contribution in [3.8, 4) is 0 Å². The summed E-state index contributed by atoms with van der Waals surface area (Å²) >= 11 is 0. The topological polar surface area (TPSA) is 0 Å². The first-order valence-corrected chi connectivity index (χ1v) is 6.58. The van der Waals surface area contributed by atoms with Gasteiger partial charge in [0.05, 0.1) is 0 Å². The van der Waals surface area contributed by atoms with E-state index in [0.717, 1.165) is 17.3 Å². The molecule has 0 aromatic rings. The van der Waals surface area contributed by atoms with E-state index in [9.17, 15) is 0 Å². The molecule has 0 aromatic carbocycles. The summed E-state index contributed by atoms with van der Waals surface area (Å²) in [6, 6.07) is 0. The zero-order valence-electron chi connectivity index (χ0n) is 10.6. The molecule has 0 N–H and O–H groups in total. The molecule has 1 aliphatic carbocycles. The molecular weight excluding hydrogens is 168 g/mol. The molecule has 0 aromatic heterocycles. The van der Waals surface area contributed by atoms with E-state index >= 15 is 0 Å². The Kier molecular flexibility index (Phi) is 4.47. The van der Waals surface area contributed by atoms with E-state index in [-0.39, 0.29) is 0 Å². The lowest BCUT2D eigenvalue weighted by Crippen LogP contribution is -2.00. The second-order valence-electron chi connectivity index (χ2n) is 6.00. The van der Waals surface area contributed by atoms with Crippen LogP contribution >= 0.6 is 0 Å². The fraction of sp³-hybridized carbons (Fsp3) is 1.00. The van der Waals surface area contributed by atoms with Crippen LogP contribution in [0.1, 0.15) is 72.6 Å². The molecule has 1 rings (SSSR count). The maximum atomic E-state index is 2.51. The molecule has 1 fully saturated rings. The molecule has 0 heteroatoms. The molecule has 2 atom stereocenters. The van der Waals surface area contributed by atoms with Crippen LogP contribution in [0.3, 0.4) is 0 Å². The minimum Gasteiger partial charge on any atom is -0.0654 e. The van der Waals surface area contributed by atoms with Crippen LogP contribution in [-0.2, 0) is 0 Å². The standard InChI is InChI=1S/C14H28/c1-5-6-7-8-9-14(4)11-13(14)10-12(2)3/h12-13H,5-11H2,1-4H3. The third kappa shape index (κ3) is 3.63. The Labute approximate surface area is 90.5 Å². The summed E-state index contributed by atoms with van der Waals surface area (Å²) in [6.07, 6.45) is 10.2. The molecule has 0 heterocycles. The number of rotatable bonds is 7. The lowest BCUT2D eigenvalue weighted by Gasteiger charge is -2.12. The van der Waals surface area contributed by atoms with Gasteiger partial charge < -0.3 is 0 Å². The fourth-order valence-electron chi connectivity index (χ4n) is 2.70. The summed E-state index contributed by atoms with van der Waals surface area (Å²) < 4.78 is 0. The normalized spacial score (nSPS) is 31.1. The van der Waals surface area contributed by atoms with Gasteiger partial charge in [-0.1, -0.05) is 53.4 Å². The van der Waals surface area contributed by atoms with E-state index < -0.39 is 0 Å². The Balaban J connectivity index is 2.07. The second kappa shape index (κ2) is 5.19. The highest BCUT2D eigenvalue weighted by atomic mass is 14.5. The van der Waals surface area contributed by atoms with Gasteiger partial charge in [0.1, 0.15) is 0 Å². The van der Waals surface area contributed by atoms with Crippen molar-refractivity contribution in [2.75, 3.05) is 0 Å². The molecule has 2 unspecified atom stereocenters. The molecule has 0 nitrogen and oxygen atoms in total. The van der Waals surface area contributed by atoms with Crippen molar-refractivity contribution in [3.05, 3.63) is 0 Å². The number of unbranched alkanes of at least 4 members (excludes halogenated alkanes) is 3. The van der Waals surface area contributed by atoms with Crippen LogP contribution in [0.25, 0.3) is 0 Å². The van der Waals surface area contributed by atoms with Crippen molar-refractivity contribution >= 4 is 0 Å². The fourth-order valence-corrected chi connectivity index (χ4v) is 2.70. The second-order valence-corrected chi connectivity index (χ2v) is 6.00. The van der Waals surface area contributed by atoms with E-state index in [1.54, 1.807) is 0 Å². The van der Waals surface area contributed by atoms with Gasteiger partial charge in [-0.3, -0.25) is 0 Å². The van der Waals surface area contributed by atoms with Gasteiger partial charge in [0, 0.05) is 0 Å².